The number of alkyl halides is 3. The van der Waals surface area contributed by atoms with Crippen LogP contribution in [-0.2, 0) is 11.3 Å². The molecule has 3 aromatic rings. The minimum Gasteiger partial charge on any atom is -0.404 e. The fourth-order valence-corrected chi connectivity index (χ4v) is 2.14. The molecule has 1 aromatic heterocycles. The molecule has 0 fully saturated rings. The first-order valence-electron chi connectivity index (χ1n) is 6.85. The summed E-state index contributed by atoms with van der Waals surface area (Å²) in [6.45, 7) is -0.194. The van der Waals surface area contributed by atoms with Crippen LogP contribution in [0.3, 0.4) is 0 Å². The number of rotatable bonds is 4. The van der Waals surface area contributed by atoms with Gasteiger partial charge in [-0.25, -0.2) is 4.68 Å². The van der Waals surface area contributed by atoms with Crippen LogP contribution in [0, 0.1) is 0 Å². The second-order valence-electron chi connectivity index (χ2n) is 4.83. The molecule has 1 heterocycles. The molecule has 0 aliphatic heterocycles. The molecule has 0 atom stereocenters. The summed E-state index contributed by atoms with van der Waals surface area (Å²) in [5, 5.41) is 10.1. The lowest BCUT2D eigenvalue weighted by atomic mass is 10.3. The van der Waals surface area contributed by atoms with Crippen LogP contribution in [0.25, 0.3) is 11.0 Å². The fraction of sp³-hybridized carbons (Fsp3) is 0.133. The number of benzene rings is 2. The topological polar surface area (TPSA) is 69.0 Å². The molecule has 0 saturated carbocycles. The number of hydrogen-bond acceptors (Lipinski definition) is 4. The van der Waals surface area contributed by atoms with Crippen LogP contribution < -0.4 is 10.1 Å². The number of nitrogens with one attached hydrogen (secondary N) is 1. The highest BCUT2D eigenvalue weighted by Gasteiger charge is 2.32. The first kappa shape index (κ1) is 15.8. The maximum absolute atomic E-state index is 12.4. The molecular formula is C15H11F3N4O2. The van der Waals surface area contributed by atoms with Crippen LogP contribution in [-0.4, -0.2) is 27.3 Å². The van der Waals surface area contributed by atoms with Crippen molar-refractivity contribution in [3.8, 4) is 5.75 Å². The van der Waals surface area contributed by atoms with E-state index in [1.54, 1.807) is 24.3 Å². The van der Waals surface area contributed by atoms with E-state index in [0.717, 1.165) is 6.07 Å². The molecule has 0 spiro atoms. The van der Waals surface area contributed by atoms with Gasteiger partial charge >= 0.3 is 6.36 Å². The van der Waals surface area contributed by atoms with E-state index >= 15 is 0 Å². The van der Waals surface area contributed by atoms with Crippen molar-refractivity contribution < 1.29 is 22.7 Å². The second-order valence-corrected chi connectivity index (χ2v) is 4.83. The maximum atomic E-state index is 12.4. The minimum atomic E-state index is -4.84. The summed E-state index contributed by atoms with van der Waals surface area (Å²) in [5.41, 5.74) is 1.18. The molecule has 0 aliphatic rings. The molecule has 0 saturated heterocycles. The van der Waals surface area contributed by atoms with Crippen molar-refractivity contribution in [3.05, 3.63) is 48.5 Å². The van der Waals surface area contributed by atoms with Crippen molar-refractivity contribution in [3.63, 3.8) is 0 Å². The lowest BCUT2D eigenvalue weighted by Crippen LogP contribution is -2.22. The summed E-state index contributed by atoms with van der Waals surface area (Å²) in [4.78, 5) is 12.1. The van der Waals surface area contributed by atoms with Gasteiger partial charge in [0, 0.05) is 0 Å². The van der Waals surface area contributed by atoms with E-state index in [0.29, 0.717) is 11.0 Å². The summed E-state index contributed by atoms with van der Waals surface area (Å²) < 4.78 is 42.4. The van der Waals surface area contributed by atoms with Crippen LogP contribution in [0.15, 0.2) is 48.5 Å². The predicted molar refractivity (Wildman–Crippen MR) is 79.3 cm³/mol. The van der Waals surface area contributed by atoms with Gasteiger partial charge in [-0.1, -0.05) is 29.5 Å². The standard InChI is InChI=1S/C15H11F3N4O2/c16-15(17,18)24-13-8-4-2-6-11(13)19-14(23)9-22-12-7-3-1-5-10(12)20-21-22/h1-8H,9H2,(H,19,23). The van der Waals surface area contributed by atoms with Gasteiger partial charge in [0.1, 0.15) is 12.1 Å². The van der Waals surface area contributed by atoms with E-state index in [4.69, 9.17) is 0 Å². The summed E-state index contributed by atoms with van der Waals surface area (Å²) in [7, 11) is 0. The largest absolute Gasteiger partial charge is 0.573 e. The van der Waals surface area contributed by atoms with Crippen LogP contribution in [0.5, 0.6) is 5.75 Å². The molecular weight excluding hydrogens is 325 g/mol. The Labute approximate surface area is 133 Å². The number of hydrogen-bond donors (Lipinski definition) is 1. The lowest BCUT2D eigenvalue weighted by Gasteiger charge is -2.13. The Morgan fingerprint density at radius 2 is 1.83 bits per heavy atom. The molecule has 0 unspecified atom stereocenters. The van der Waals surface area contributed by atoms with Crippen molar-refractivity contribution in [1.82, 2.24) is 15.0 Å². The van der Waals surface area contributed by atoms with Gasteiger partial charge < -0.3 is 10.1 Å². The zero-order valence-electron chi connectivity index (χ0n) is 12.1. The number of aromatic nitrogens is 3. The molecule has 9 heteroatoms. The lowest BCUT2D eigenvalue weighted by molar-refractivity contribution is -0.274. The Morgan fingerprint density at radius 3 is 2.62 bits per heavy atom. The number of amides is 1. The second kappa shape index (κ2) is 6.19. The van der Waals surface area contributed by atoms with E-state index in [-0.39, 0.29) is 12.2 Å². The minimum absolute atomic E-state index is 0.0794. The first-order chi connectivity index (χ1) is 11.4. The van der Waals surface area contributed by atoms with Crippen LogP contribution in [0.2, 0.25) is 0 Å². The third-order valence-corrected chi connectivity index (χ3v) is 3.10. The number of nitrogens with zero attached hydrogens (tertiary/aromatic N) is 3. The van der Waals surface area contributed by atoms with Gasteiger partial charge in [0.05, 0.1) is 11.2 Å². The predicted octanol–water partition coefficient (Wildman–Crippen LogP) is 2.97. The molecule has 1 N–H and O–H groups in total. The molecule has 2 aromatic carbocycles. The van der Waals surface area contributed by atoms with E-state index in [9.17, 15) is 18.0 Å². The molecule has 0 bridgehead atoms. The Hall–Kier alpha value is -3.10. The Balaban J connectivity index is 1.76. The van der Waals surface area contributed by atoms with Gasteiger partial charge in [0.25, 0.3) is 0 Å². The van der Waals surface area contributed by atoms with E-state index in [2.05, 4.69) is 20.4 Å². The summed E-state index contributed by atoms with van der Waals surface area (Å²) in [6, 6.07) is 12.3. The highest BCUT2D eigenvalue weighted by molar-refractivity contribution is 5.92. The van der Waals surface area contributed by atoms with Gasteiger partial charge in [-0.05, 0) is 24.3 Å². The van der Waals surface area contributed by atoms with Crippen molar-refractivity contribution in [2.24, 2.45) is 0 Å². The van der Waals surface area contributed by atoms with Gasteiger partial charge in [-0.2, -0.15) is 0 Å². The van der Waals surface area contributed by atoms with Gasteiger partial charge in [-0.15, -0.1) is 18.3 Å². The highest BCUT2D eigenvalue weighted by Crippen LogP contribution is 2.29. The van der Waals surface area contributed by atoms with Crippen LogP contribution in [0.4, 0.5) is 18.9 Å². The van der Waals surface area contributed by atoms with Crippen molar-refractivity contribution >= 4 is 22.6 Å². The number of ether oxygens (including phenoxy) is 1. The van der Waals surface area contributed by atoms with Crippen molar-refractivity contribution in [2.75, 3.05) is 5.32 Å². The van der Waals surface area contributed by atoms with E-state index in [1.165, 1.54) is 22.9 Å². The molecule has 1 amide bonds. The van der Waals surface area contributed by atoms with Gasteiger partial charge in [0.2, 0.25) is 5.91 Å². The zero-order valence-corrected chi connectivity index (χ0v) is 12.1. The number of anilines is 1. The summed E-state index contributed by atoms with van der Waals surface area (Å²) >= 11 is 0. The number of halogens is 3. The van der Waals surface area contributed by atoms with Crippen LogP contribution in [0.1, 0.15) is 0 Å². The zero-order chi connectivity index (χ0) is 17.2. The van der Waals surface area contributed by atoms with E-state index < -0.39 is 18.0 Å². The summed E-state index contributed by atoms with van der Waals surface area (Å²) in [5.74, 6) is -1.04. The number of carbonyl (C=O) groups excluding carboxylic acids is 1. The molecule has 24 heavy (non-hydrogen) atoms. The van der Waals surface area contributed by atoms with Gasteiger partial charge in [-0.3, -0.25) is 4.79 Å². The molecule has 124 valence electrons. The van der Waals surface area contributed by atoms with Crippen molar-refractivity contribution in [2.45, 2.75) is 12.9 Å². The maximum Gasteiger partial charge on any atom is 0.573 e. The third-order valence-electron chi connectivity index (χ3n) is 3.10. The van der Waals surface area contributed by atoms with Crippen molar-refractivity contribution in [1.29, 1.82) is 0 Å². The molecule has 3 rings (SSSR count). The summed E-state index contributed by atoms with van der Waals surface area (Å²) in [6.07, 6.45) is -4.84. The molecule has 6 nitrogen and oxygen atoms in total. The quantitative estimate of drug-likeness (QED) is 0.795. The fourth-order valence-electron chi connectivity index (χ4n) is 2.14. The first-order valence-corrected chi connectivity index (χ1v) is 6.85. The number of carbonyl (C=O) groups is 1. The highest BCUT2D eigenvalue weighted by atomic mass is 19.4. The smallest absolute Gasteiger partial charge is 0.404 e. The monoisotopic (exact) mass is 336 g/mol. The Bertz CT molecular complexity index is 876. The third kappa shape index (κ3) is 3.62. The van der Waals surface area contributed by atoms with E-state index in [1.807, 2.05) is 0 Å². The average molecular weight is 336 g/mol. The van der Waals surface area contributed by atoms with Crippen LogP contribution >= 0.6 is 0 Å². The average Bonchev–Trinajstić information content (AvgIpc) is 2.91. The van der Waals surface area contributed by atoms with Gasteiger partial charge in [0.15, 0.2) is 5.75 Å². The SMILES string of the molecule is O=C(Cn1nnc2ccccc21)Nc1ccccc1OC(F)(F)F. The molecule has 0 aliphatic carbocycles. The number of fused-ring (bicyclic) bond motifs is 1. The Morgan fingerprint density at radius 1 is 1.12 bits per heavy atom. The Kier molecular flexibility index (Phi) is 4.07. The normalized spacial score (nSPS) is 11.5. The molecule has 0 radical (unpaired) electrons. The number of para-hydroxylation sites is 3.